The Kier molecular flexibility index (Phi) is 65.9. The highest BCUT2D eigenvalue weighted by molar-refractivity contribution is 7.47. The summed E-state index contributed by atoms with van der Waals surface area (Å²) in [5, 5.41) is 10.6. The van der Waals surface area contributed by atoms with E-state index in [0.717, 1.165) is 114 Å². The van der Waals surface area contributed by atoms with Crippen LogP contribution in [0.4, 0.5) is 0 Å². The second kappa shape index (κ2) is 67.2. The Labute approximate surface area is 594 Å². The number of carbonyl (C=O) groups excluding carboxylic acids is 4. The molecule has 0 radical (unpaired) electrons. The standard InChI is InChI=1S/C78H152O17P2/c1-9-71(8)57-49-41-33-27-29-37-45-53-61-78(83)95-74(65-89-76(81)59-51-43-35-28-26-32-40-48-56-70(6)7)67-93-97(86,87)91-63-72(79)62-90-96(84,85)92-66-73(94-77(82)60-52-44-36-25-21-17-16-19-23-31-39-47-55-69(4)5)64-88-75(80)58-50-42-34-24-20-15-13-11-10-12-14-18-22-30-38-46-54-68(2)3/h68-74,79H,9-67H2,1-8H3,(H,84,85)(H,86,87)/t71?,72?,73-,74-/m1/s1. The van der Waals surface area contributed by atoms with E-state index in [1.165, 1.54) is 199 Å². The van der Waals surface area contributed by atoms with Crippen LogP contribution < -0.4 is 0 Å². The minimum atomic E-state index is -4.96. The van der Waals surface area contributed by atoms with E-state index >= 15 is 0 Å². The summed E-state index contributed by atoms with van der Waals surface area (Å²) < 4.78 is 68.6. The third-order valence-electron chi connectivity index (χ3n) is 18.4. The van der Waals surface area contributed by atoms with E-state index in [2.05, 4.69) is 55.4 Å². The Morgan fingerprint density at radius 1 is 0.289 bits per heavy atom. The number of esters is 4. The summed E-state index contributed by atoms with van der Waals surface area (Å²) in [6.45, 7) is 14.2. The van der Waals surface area contributed by atoms with Gasteiger partial charge in [-0.1, -0.05) is 344 Å². The van der Waals surface area contributed by atoms with Gasteiger partial charge in [-0.2, -0.15) is 0 Å². The highest BCUT2D eigenvalue weighted by Crippen LogP contribution is 2.45. The highest BCUT2D eigenvalue weighted by atomic mass is 31.2. The van der Waals surface area contributed by atoms with Crippen molar-refractivity contribution in [1.82, 2.24) is 0 Å². The lowest BCUT2D eigenvalue weighted by Crippen LogP contribution is -2.30. The predicted molar refractivity (Wildman–Crippen MR) is 395 cm³/mol. The number of rotatable bonds is 75. The fourth-order valence-electron chi connectivity index (χ4n) is 11.9. The Morgan fingerprint density at radius 2 is 0.495 bits per heavy atom. The molecule has 17 nitrogen and oxygen atoms in total. The van der Waals surface area contributed by atoms with Gasteiger partial charge in [0.2, 0.25) is 0 Å². The van der Waals surface area contributed by atoms with Crippen molar-refractivity contribution in [3.05, 3.63) is 0 Å². The monoisotopic (exact) mass is 1420 g/mol. The first-order valence-corrected chi connectivity index (χ1v) is 43.2. The molecule has 6 atom stereocenters. The van der Waals surface area contributed by atoms with E-state index in [1.807, 2.05) is 0 Å². The normalized spacial score (nSPS) is 14.4. The van der Waals surface area contributed by atoms with Gasteiger partial charge in [-0.25, -0.2) is 9.13 Å². The molecule has 0 spiro atoms. The van der Waals surface area contributed by atoms with Crippen LogP contribution in [0, 0.1) is 23.7 Å². The van der Waals surface area contributed by atoms with Gasteiger partial charge >= 0.3 is 39.5 Å². The molecule has 0 aromatic rings. The molecule has 576 valence electrons. The molecule has 19 heteroatoms. The minimum absolute atomic E-state index is 0.104. The van der Waals surface area contributed by atoms with Crippen molar-refractivity contribution < 1.29 is 80.2 Å². The fourth-order valence-corrected chi connectivity index (χ4v) is 13.5. The van der Waals surface area contributed by atoms with Crippen LogP contribution in [0.3, 0.4) is 0 Å². The molecule has 0 amide bonds. The smallest absolute Gasteiger partial charge is 0.462 e. The van der Waals surface area contributed by atoms with Crippen LogP contribution in [0.15, 0.2) is 0 Å². The summed E-state index contributed by atoms with van der Waals surface area (Å²) in [4.78, 5) is 72.9. The van der Waals surface area contributed by atoms with Gasteiger partial charge < -0.3 is 33.8 Å². The van der Waals surface area contributed by atoms with Crippen LogP contribution in [0.5, 0.6) is 0 Å². The van der Waals surface area contributed by atoms with Crippen molar-refractivity contribution in [1.29, 1.82) is 0 Å². The van der Waals surface area contributed by atoms with E-state index < -0.39 is 97.5 Å². The van der Waals surface area contributed by atoms with Crippen LogP contribution in [0.1, 0.15) is 396 Å². The molecule has 0 aliphatic rings. The Bertz CT molecular complexity index is 1900. The maximum atomic E-state index is 13.1. The van der Waals surface area contributed by atoms with Gasteiger partial charge in [0.15, 0.2) is 12.2 Å². The lowest BCUT2D eigenvalue weighted by molar-refractivity contribution is -0.161. The fraction of sp³-hybridized carbons (Fsp3) is 0.949. The van der Waals surface area contributed by atoms with E-state index in [0.29, 0.717) is 25.7 Å². The Balaban J connectivity index is 5.24. The molecule has 0 aromatic carbocycles. The van der Waals surface area contributed by atoms with E-state index in [-0.39, 0.29) is 25.7 Å². The summed E-state index contributed by atoms with van der Waals surface area (Å²) in [5.74, 6) is 0.965. The third kappa shape index (κ3) is 70.9. The summed E-state index contributed by atoms with van der Waals surface area (Å²) in [7, 11) is -9.92. The van der Waals surface area contributed by atoms with Crippen molar-refractivity contribution in [3.63, 3.8) is 0 Å². The second-order valence-electron chi connectivity index (χ2n) is 29.8. The van der Waals surface area contributed by atoms with Gasteiger partial charge in [0.25, 0.3) is 0 Å². The third-order valence-corrected chi connectivity index (χ3v) is 20.3. The Hall–Kier alpha value is -1.94. The summed E-state index contributed by atoms with van der Waals surface area (Å²) >= 11 is 0. The van der Waals surface area contributed by atoms with E-state index in [1.54, 1.807) is 0 Å². The summed E-state index contributed by atoms with van der Waals surface area (Å²) in [5.41, 5.74) is 0. The first kappa shape index (κ1) is 95.1. The lowest BCUT2D eigenvalue weighted by Gasteiger charge is -2.21. The van der Waals surface area contributed by atoms with Crippen molar-refractivity contribution >= 4 is 39.5 Å². The number of aliphatic hydroxyl groups excluding tert-OH is 1. The maximum Gasteiger partial charge on any atom is 0.472 e. The molecule has 4 unspecified atom stereocenters. The number of aliphatic hydroxyl groups is 1. The van der Waals surface area contributed by atoms with Crippen molar-refractivity contribution in [2.24, 2.45) is 23.7 Å². The predicted octanol–water partition coefficient (Wildman–Crippen LogP) is 22.8. The molecule has 0 fully saturated rings. The maximum absolute atomic E-state index is 13.1. The molecule has 0 saturated heterocycles. The van der Waals surface area contributed by atoms with Gasteiger partial charge in [-0.05, 0) is 49.4 Å². The average molecular weight is 1420 g/mol. The zero-order chi connectivity index (χ0) is 71.7. The van der Waals surface area contributed by atoms with Gasteiger partial charge in [0.1, 0.15) is 19.3 Å². The highest BCUT2D eigenvalue weighted by Gasteiger charge is 2.30. The average Bonchev–Trinajstić information content (AvgIpc) is 1.71. The number of phosphoric acid groups is 2. The second-order valence-corrected chi connectivity index (χ2v) is 32.7. The molecule has 0 aromatic heterocycles. The summed E-state index contributed by atoms with van der Waals surface area (Å²) in [6, 6.07) is 0. The number of unbranched alkanes of at least 4 members (excludes halogenated alkanes) is 40. The number of phosphoric ester groups is 2. The minimum Gasteiger partial charge on any atom is -0.462 e. The Morgan fingerprint density at radius 3 is 0.732 bits per heavy atom. The van der Waals surface area contributed by atoms with Crippen molar-refractivity contribution in [2.45, 2.75) is 414 Å². The first-order chi connectivity index (χ1) is 46.6. The SMILES string of the molecule is CCC(C)CCCCCCCCCCC(=O)O[C@H](COC(=O)CCCCCCCCCCC(C)C)COP(=O)(O)OCC(O)COP(=O)(O)OC[C@@H](COC(=O)CCCCCCCCCCCCCCCCCCC(C)C)OC(=O)CCCCCCCCCCCCCCC(C)C. The number of ether oxygens (including phenoxy) is 4. The van der Waals surface area contributed by atoms with Crippen LogP contribution in [-0.4, -0.2) is 96.7 Å². The molecule has 97 heavy (non-hydrogen) atoms. The van der Waals surface area contributed by atoms with Crippen LogP contribution in [-0.2, 0) is 65.4 Å². The molecule has 0 aliphatic carbocycles. The number of hydrogen-bond acceptors (Lipinski definition) is 15. The zero-order valence-corrected chi connectivity index (χ0v) is 65.5. The molecular formula is C78H152O17P2. The number of carbonyl (C=O) groups is 4. The van der Waals surface area contributed by atoms with Crippen molar-refractivity contribution in [2.75, 3.05) is 39.6 Å². The van der Waals surface area contributed by atoms with Gasteiger partial charge in [0, 0.05) is 25.7 Å². The van der Waals surface area contributed by atoms with Crippen LogP contribution in [0.2, 0.25) is 0 Å². The molecule has 0 bridgehead atoms. The zero-order valence-electron chi connectivity index (χ0n) is 63.7. The van der Waals surface area contributed by atoms with Crippen molar-refractivity contribution in [3.8, 4) is 0 Å². The topological polar surface area (TPSA) is 237 Å². The van der Waals surface area contributed by atoms with Crippen LogP contribution in [0.25, 0.3) is 0 Å². The largest absolute Gasteiger partial charge is 0.472 e. The van der Waals surface area contributed by atoms with Gasteiger partial charge in [-0.15, -0.1) is 0 Å². The van der Waals surface area contributed by atoms with Gasteiger partial charge in [-0.3, -0.25) is 37.3 Å². The molecular weight excluding hydrogens is 1270 g/mol. The lowest BCUT2D eigenvalue weighted by atomic mass is 9.99. The first-order valence-electron chi connectivity index (χ1n) is 40.2. The number of hydrogen-bond donors (Lipinski definition) is 3. The molecule has 0 heterocycles. The van der Waals surface area contributed by atoms with E-state index in [4.69, 9.17) is 37.0 Å². The molecule has 0 saturated carbocycles. The van der Waals surface area contributed by atoms with Crippen LogP contribution >= 0.6 is 15.6 Å². The molecule has 3 N–H and O–H groups in total. The molecule has 0 rings (SSSR count). The summed E-state index contributed by atoms with van der Waals surface area (Å²) in [6.07, 6.45) is 52.7. The van der Waals surface area contributed by atoms with E-state index in [9.17, 15) is 43.2 Å². The van der Waals surface area contributed by atoms with Gasteiger partial charge in [0.05, 0.1) is 26.4 Å². The molecule has 0 aliphatic heterocycles. The quantitative estimate of drug-likeness (QED) is 0.0222.